The maximum absolute atomic E-state index is 3.54. The van der Waals surface area contributed by atoms with E-state index < -0.39 is 0 Å². The van der Waals surface area contributed by atoms with Gasteiger partial charge in [0.15, 0.2) is 0 Å². The van der Waals surface area contributed by atoms with E-state index in [1.807, 2.05) is 0 Å². The lowest BCUT2D eigenvalue weighted by molar-refractivity contribution is 0.360. The van der Waals surface area contributed by atoms with E-state index in [-0.39, 0.29) is 0 Å². The molecule has 2 rings (SSSR count). The molecule has 1 N–H and O–H groups in total. The molecule has 1 aromatic rings. The van der Waals surface area contributed by atoms with Crippen LogP contribution in [0.1, 0.15) is 38.3 Å². The topological polar surface area (TPSA) is 18.5 Å². The molecule has 0 saturated carbocycles. The minimum absolute atomic E-state index is 0.444. The minimum Gasteiger partial charge on any atom is -0.370 e. The van der Waals surface area contributed by atoms with Crippen LogP contribution in [0.5, 0.6) is 0 Å². The van der Waals surface area contributed by atoms with Crippen molar-refractivity contribution in [1.29, 1.82) is 0 Å². The van der Waals surface area contributed by atoms with Crippen molar-refractivity contribution in [1.82, 2.24) is 10.2 Å². The van der Waals surface area contributed by atoms with Crippen molar-refractivity contribution in [3.05, 3.63) is 29.8 Å². The first-order valence-corrected chi connectivity index (χ1v) is 7.97. The van der Waals surface area contributed by atoms with E-state index in [9.17, 15) is 0 Å². The van der Waals surface area contributed by atoms with E-state index in [1.54, 1.807) is 0 Å². The summed E-state index contributed by atoms with van der Waals surface area (Å²) in [6.45, 7) is 10.2. The largest absolute Gasteiger partial charge is 0.370 e. The average Bonchev–Trinajstić information content (AvgIpc) is 2.70. The molecule has 0 aromatic heterocycles. The summed E-state index contributed by atoms with van der Waals surface area (Å²) in [5, 5.41) is 3.54. The molecule has 0 radical (unpaired) electrons. The van der Waals surface area contributed by atoms with Crippen LogP contribution in [0, 0.1) is 0 Å². The maximum atomic E-state index is 3.54. The van der Waals surface area contributed by atoms with Gasteiger partial charge in [0.2, 0.25) is 0 Å². The highest BCUT2D eigenvalue weighted by atomic mass is 15.2. The van der Waals surface area contributed by atoms with Gasteiger partial charge in [-0.1, -0.05) is 19.1 Å². The molecule has 0 aliphatic carbocycles. The molecule has 1 aliphatic heterocycles. The Morgan fingerprint density at radius 2 is 1.85 bits per heavy atom. The maximum Gasteiger partial charge on any atom is 0.0366 e. The molecule has 20 heavy (non-hydrogen) atoms. The Morgan fingerprint density at radius 1 is 1.10 bits per heavy atom. The molecule has 0 spiro atoms. The summed E-state index contributed by atoms with van der Waals surface area (Å²) in [5.41, 5.74) is 2.75. The van der Waals surface area contributed by atoms with Crippen molar-refractivity contribution in [2.75, 3.05) is 44.7 Å². The van der Waals surface area contributed by atoms with Gasteiger partial charge in [-0.25, -0.2) is 0 Å². The Balaban J connectivity index is 1.96. The van der Waals surface area contributed by atoms with Crippen molar-refractivity contribution < 1.29 is 0 Å². The second-order valence-electron chi connectivity index (χ2n) is 5.91. The zero-order valence-electron chi connectivity index (χ0n) is 13.2. The Hall–Kier alpha value is -1.06. The molecule has 1 heterocycles. The van der Waals surface area contributed by atoms with Crippen LogP contribution in [-0.2, 0) is 0 Å². The minimum atomic E-state index is 0.444. The summed E-state index contributed by atoms with van der Waals surface area (Å²) < 4.78 is 0. The second kappa shape index (κ2) is 7.65. The third kappa shape index (κ3) is 4.22. The van der Waals surface area contributed by atoms with Crippen LogP contribution in [0.25, 0.3) is 0 Å². The number of hydrogen-bond acceptors (Lipinski definition) is 3. The molecule has 0 bridgehead atoms. The summed E-state index contributed by atoms with van der Waals surface area (Å²) in [6.07, 6.45) is 2.44. The van der Waals surface area contributed by atoms with Crippen molar-refractivity contribution in [3.63, 3.8) is 0 Å². The Bertz CT molecular complexity index is 388. The number of hydrogen-bond donors (Lipinski definition) is 1. The van der Waals surface area contributed by atoms with E-state index in [4.69, 9.17) is 0 Å². The van der Waals surface area contributed by atoms with Crippen LogP contribution >= 0.6 is 0 Å². The average molecular weight is 275 g/mol. The normalized spacial score (nSPS) is 18.9. The Morgan fingerprint density at radius 3 is 2.55 bits per heavy atom. The molecule has 1 saturated heterocycles. The fourth-order valence-corrected chi connectivity index (χ4v) is 2.76. The highest BCUT2D eigenvalue weighted by molar-refractivity contribution is 5.48. The van der Waals surface area contributed by atoms with Gasteiger partial charge in [0.05, 0.1) is 0 Å². The molecular weight excluding hydrogens is 246 g/mol. The summed E-state index contributed by atoms with van der Waals surface area (Å²) in [6, 6.07) is 9.56. The van der Waals surface area contributed by atoms with Crippen LogP contribution in [0.15, 0.2) is 24.3 Å². The fraction of sp³-hybridized carbons (Fsp3) is 0.647. The SMILES string of the molecule is CCCNC(C)c1ccc(N2CCCN(C)CC2)cc1. The van der Waals surface area contributed by atoms with Gasteiger partial charge >= 0.3 is 0 Å². The van der Waals surface area contributed by atoms with Gasteiger partial charge in [-0.05, 0) is 57.6 Å². The molecule has 3 heteroatoms. The number of anilines is 1. The summed E-state index contributed by atoms with van der Waals surface area (Å²) in [4.78, 5) is 4.93. The number of likely N-dealkylation sites (N-methyl/N-ethyl adjacent to an activating group) is 1. The van der Waals surface area contributed by atoms with Crippen molar-refractivity contribution in [2.45, 2.75) is 32.7 Å². The molecule has 0 amide bonds. The third-order valence-corrected chi connectivity index (χ3v) is 4.18. The molecule has 1 aliphatic rings. The molecule has 112 valence electrons. The first-order chi connectivity index (χ1) is 9.70. The lowest BCUT2D eigenvalue weighted by Gasteiger charge is -2.23. The van der Waals surface area contributed by atoms with Crippen molar-refractivity contribution in [3.8, 4) is 0 Å². The van der Waals surface area contributed by atoms with Gasteiger partial charge in [-0.15, -0.1) is 0 Å². The summed E-state index contributed by atoms with van der Waals surface area (Å²) in [7, 11) is 2.22. The number of rotatable bonds is 5. The van der Waals surface area contributed by atoms with Crippen LogP contribution in [0.2, 0.25) is 0 Å². The van der Waals surface area contributed by atoms with E-state index in [0.717, 1.165) is 19.6 Å². The molecule has 1 fully saturated rings. The number of nitrogens with zero attached hydrogens (tertiary/aromatic N) is 2. The molecular formula is C17H29N3. The predicted molar refractivity (Wildman–Crippen MR) is 87.5 cm³/mol. The van der Waals surface area contributed by atoms with Crippen LogP contribution < -0.4 is 10.2 Å². The van der Waals surface area contributed by atoms with Gasteiger partial charge in [0.25, 0.3) is 0 Å². The van der Waals surface area contributed by atoms with Crippen molar-refractivity contribution >= 4 is 5.69 Å². The second-order valence-corrected chi connectivity index (χ2v) is 5.91. The van der Waals surface area contributed by atoms with Gasteiger partial charge < -0.3 is 15.1 Å². The van der Waals surface area contributed by atoms with Gasteiger partial charge in [0, 0.05) is 31.4 Å². The molecule has 1 unspecified atom stereocenters. The predicted octanol–water partition coefficient (Wildman–Crippen LogP) is 2.89. The number of nitrogens with one attached hydrogen (secondary N) is 1. The highest BCUT2D eigenvalue weighted by Crippen LogP contribution is 2.20. The summed E-state index contributed by atoms with van der Waals surface area (Å²) >= 11 is 0. The Kier molecular flexibility index (Phi) is 5.86. The molecule has 1 atom stereocenters. The first-order valence-electron chi connectivity index (χ1n) is 7.97. The fourth-order valence-electron chi connectivity index (χ4n) is 2.76. The standard InChI is InChI=1S/C17H29N3/c1-4-10-18-15(2)16-6-8-17(9-7-16)20-12-5-11-19(3)13-14-20/h6-9,15,18H,4-5,10-14H2,1-3H3. The van der Waals surface area contributed by atoms with Crippen LogP contribution in [0.3, 0.4) is 0 Å². The van der Waals surface area contributed by atoms with Gasteiger partial charge in [-0.2, -0.15) is 0 Å². The quantitative estimate of drug-likeness (QED) is 0.891. The van der Waals surface area contributed by atoms with Gasteiger partial charge in [-0.3, -0.25) is 0 Å². The zero-order valence-corrected chi connectivity index (χ0v) is 13.2. The first kappa shape index (κ1) is 15.3. The van der Waals surface area contributed by atoms with Crippen molar-refractivity contribution in [2.24, 2.45) is 0 Å². The van der Waals surface area contributed by atoms with Crippen LogP contribution in [-0.4, -0.2) is 44.7 Å². The summed E-state index contributed by atoms with van der Waals surface area (Å²) in [5.74, 6) is 0. The van der Waals surface area contributed by atoms with E-state index in [2.05, 4.69) is 60.3 Å². The number of benzene rings is 1. The Labute approximate surface area is 124 Å². The monoisotopic (exact) mass is 275 g/mol. The third-order valence-electron chi connectivity index (χ3n) is 4.18. The van der Waals surface area contributed by atoms with E-state index >= 15 is 0 Å². The van der Waals surface area contributed by atoms with Gasteiger partial charge in [0.1, 0.15) is 0 Å². The van der Waals surface area contributed by atoms with E-state index in [1.165, 1.54) is 37.2 Å². The lowest BCUT2D eigenvalue weighted by Crippen LogP contribution is -2.28. The highest BCUT2D eigenvalue weighted by Gasteiger charge is 2.13. The lowest BCUT2D eigenvalue weighted by atomic mass is 10.1. The van der Waals surface area contributed by atoms with Crippen LogP contribution in [0.4, 0.5) is 5.69 Å². The van der Waals surface area contributed by atoms with E-state index in [0.29, 0.717) is 6.04 Å². The molecule has 3 nitrogen and oxygen atoms in total. The smallest absolute Gasteiger partial charge is 0.0366 e. The molecule has 1 aromatic carbocycles. The zero-order chi connectivity index (χ0) is 14.4.